The minimum absolute atomic E-state index is 0.621. The summed E-state index contributed by atoms with van der Waals surface area (Å²) in [5.74, 6) is 0. The number of alkyl halides is 1. The maximum absolute atomic E-state index is 9.30. The van der Waals surface area contributed by atoms with Crippen molar-refractivity contribution < 1.29 is 0 Å². The molecule has 2 rings (SSSR count). The lowest BCUT2D eigenvalue weighted by Crippen LogP contribution is -2.40. The molecule has 0 amide bonds. The van der Waals surface area contributed by atoms with E-state index in [9.17, 15) is 5.26 Å². The van der Waals surface area contributed by atoms with E-state index >= 15 is 0 Å². The molecule has 0 aromatic heterocycles. The SMILES string of the molecule is CC1CN(c2ccc(CBr)cc2C#N)CC(C)S1. The first kappa shape index (κ1) is 13.8. The summed E-state index contributed by atoms with van der Waals surface area (Å²) < 4.78 is 0. The molecule has 0 aliphatic carbocycles. The van der Waals surface area contributed by atoms with E-state index in [0.29, 0.717) is 10.5 Å². The van der Waals surface area contributed by atoms with Gasteiger partial charge in [-0.05, 0) is 17.7 Å². The Hall–Kier alpha value is -0.660. The van der Waals surface area contributed by atoms with Crippen molar-refractivity contribution in [3.63, 3.8) is 0 Å². The number of benzene rings is 1. The fourth-order valence-electron chi connectivity index (χ4n) is 2.41. The highest BCUT2D eigenvalue weighted by atomic mass is 79.9. The third-order valence-electron chi connectivity index (χ3n) is 3.10. The monoisotopic (exact) mass is 324 g/mol. The third kappa shape index (κ3) is 3.02. The van der Waals surface area contributed by atoms with Gasteiger partial charge < -0.3 is 4.90 Å². The van der Waals surface area contributed by atoms with Crippen molar-refractivity contribution in [3.05, 3.63) is 29.3 Å². The van der Waals surface area contributed by atoms with E-state index in [4.69, 9.17) is 0 Å². The molecule has 1 aliphatic heterocycles. The molecule has 4 heteroatoms. The van der Waals surface area contributed by atoms with Gasteiger partial charge in [0.15, 0.2) is 0 Å². The van der Waals surface area contributed by atoms with Gasteiger partial charge in [-0.25, -0.2) is 0 Å². The molecule has 1 heterocycles. The van der Waals surface area contributed by atoms with Gasteiger partial charge in [0.25, 0.3) is 0 Å². The lowest BCUT2D eigenvalue weighted by atomic mass is 10.1. The van der Waals surface area contributed by atoms with E-state index in [1.54, 1.807) is 0 Å². The Morgan fingerprint density at radius 2 is 2.06 bits per heavy atom. The molecule has 1 aromatic rings. The summed E-state index contributed by atoms with van der Waals surface area (Å²) in [6.45, 7) is 6.56. The fourth-order valence-corrected chi connectivity index (χ4v) is 4.08. The van der Waals surface area contributed by atoms with Crippen LogP contribution in [0.2, 0.25) is 0 Å². The van der Waals surface area contributed by atoms with Crippen LogP contribution in [0, 0.1) is 11.3 Å². The van der Waals surface area contributed by atoms with E-state index < -0.39 is 0 Å². The summed E-state index contributed by atoms with van der Waals surface area (Å²) in [5, 5.41) is 11.3. The number of nitrogens with zero attached hydrogens (tertiary/aromatic N) is 2. The van der Waals surface area contributed by atoms with Gasteiger partial charge in [-0.2, -0.15) is 17.0 Å². The van der Waals surface area contributed by atoms with Crippen LogP contribution in [0.5, 0.6) is 0 Å². The van der Waals surface area contributed by atoms with Crippen molar-refractivity contribution in [3.8, 4) is 6.07 Å². The maximum Gasteiger partial charge on any atom is 0.101 e. The molecule has 1 aliphatic rings. The van der Waals surface area contributed by atoms with E-state index in [1.807, 2.05) is 17.8 Å². The molecule has 0 saturated carbocycles. The van der Waals surface area contributed by atoms with Gasteiger partial charge in [-0.1, -0.05) is 35.8 Å². The van der Waals surface area contributed by atoms with E-state index in [0.717, 1.165) is 35.2 Å². The van der Waals surface area contributed by atoms with Gasteiger partial charge in [-0.3, -0.25) is 0 Å². The summed E-state index contributed by atoms with van der Waals surface area (Å²) in [6, 6.07) is 8.50. The summed E-state index contributed by atoms with van der Waals surface area (Å²) in [6.07, 6.45) is 0. The molecule has 1 saturated heterocycles. The van der Waals surface area contributed by atoms with Crippen LogP contribution in [0.25, 0.3) is 0 Å². The van der Waals surface area contributed by atoms with Crippen molar-refractivity contribution in [1.82, 2.24) is 0 Å². The number of hydrogen-bond acceptors (Lipinski definition) is 3. The minimum atomic E-state index is 0.621. The standard InChI is InChI=1S/C14H17BrN2S/c1-10-8-17(9-11(2)18-10)14-4-3-12(6-15)5-13(14)7-16/h3-5,10-11H,6,8-9H2,1-2H3. The molecule has 18 heavy (non-hydrogen) atoms. The molecule has 0 N–H and O–H groups in total. The van der Waals surface area contributed by atoms with Crippen LogP contribution in [0.3, 0.4) is 0 Å². The fraction of sp³-hybridized carbons (Fsp3) is 0.500. The predicted octanol–water partition coefficient (Wildman–Crippen LogP) is 3.78. The van der Waals surface area contributed by atoms with Crippen molar-refractivity contribution in [2.75, 3.05) is 18.0 Å². The van der Waals surface area contributed by atoms with Crippen LogP contribution in [0.15, 0.2) is 18.2 Å². The van der Waals surface area contributed by atoms with Crippen LogP contribution >= 0.6 is 27.7 Å². The van der Waals surface area contributed by atoms with Gasteiger partial charge in [0.05, 0.1) is 11.3 Å². The minimum Gasteiger partial charge on any atom is -0.368 e. The number of thioether (sulfide) groups is 1. The second kappa shape index (κ2) is 5.99. The highest BCUT2D eigenvalue weighted by Crippen LogP contribution is 2.31. The molecule has 0 radical (unpaired) electrons. The van der Waals surface area contributed by atoms with Gasteiger partial charge in [0.1, 0.15) is 6.07 Å². The van der Waals surface area contributed by atoms with Crippen LogP contribution in [-0.4, -0.2) is 23.6 Å². The first-order valence-corrected chi connectivity index (χ1v) is 8.20. The van der Waals surface area contributed by atoms with Gasteiger partial charge in [0.2, 0.25) is 0 Å². The van der Waals surface area contributed by atoms with Gasteiger partial charge in [-0.15, -0.1) is 0 Å². The molecular formula is C14H17BrN2S. The van der Waals surface area contributed by atoms with E-state index in [2.05, 4.69) is 52.9 Å². The summed E-state index contributed by atoms with van der Waals surface area (Å²) in [4.78, 5) is 2.35. The Morgan fingerprint density at radius 1 is 1.39 bits per heavy atom. The Bertz CT molecular complexity index is 459. The zero-order valence-electron chi connectivity index (χ0n) is 10.7. The van der Waals surface area contributed by atoms with Gasteiger partial charge >= 0.3 is 0 Å². The average Bonchev–Trinajstić information content (AvgIpc) is 2.36. The van der Waals surface area contributed by atoms with Crippen LogP contribution in [0.1, 0.15) is 25.0 Å². The van der Waals surface area contributed by atoms with Crippen molar-refractivity contribution in [2.45, 2.75) is 29.7 Å². The normalized spacial score (nSPS) is 23.8. The summed E-state index contributed by atoms with van der Waals surface area (Å²) >= 11 is 5.46. The molecule has 1 aromatic carbocycles. The van der Waals surface area contributed by atoms with Crippen LogP contribution in [0.4, 0.5) is 5.69 Å². The zero-order valence-corrected chi connectivity index (χ0v) is 13.1. The van der Waals surface area contributed by atoms with Crippen molar-refractivity contribution >= 4 is 33.4 Å². The largest absolute Gasteiger partial charge is 0.368 e. The molecule has 1 fully saturated rings. The lowest BCUT2D eigenvalue weighted by molar-refractivity contribution is 0.727. The molecule has 2 unspecified atom stereocenters. The number of anilines is 1. The summed E-state index contributed by atoms with van der Waals surface area (Å²) in [7, 11) is 0. The Kier molecular flexibility index (Phi) is 4.58. The first-order chi connectivity index (χ1) is 8.63. The average molecular weight is 325 g/mol. The summed E-state index contributed by atoms with van der Waals surface area (Å²) in [5.41, 5.74) is 3.03. The smallest absolute Gasteiger partial charge is 0.101 e. The van der Waals surface area contributed by atoms with E-state index in [-0.39, 0.29) is 0 Å². The molecule has 2 nitrogen and oxygen atoms in total. The molecule has 2 atom stereocenters. The van der Waals surface area contributed by atoms with Gasteiger partial charge in [0, 0.05) is 28.9 Å². The lowest BCUT2D eigenvalue weighted by Gasteiger charge is -2.36. The predicted molar refractivity (Wildman–Crippen MR) is 82.5 cm³/mol. The molecular weight excluding hydrogens is 308 g/mol. The topological polar surface area (TPSA) is 27.0 Å². The van der Waals surface area contributed by atoms with E-state index in [1.165, 1.54) is 0 Å². The number of rotatable bonds is 2. The number of halogens is 1. The maximum atomic E-state index is 9.30. The zero-order chi connectivity index (χ0) is 13.1. The number of nitriles is 1. The Labute approximate surface area is 121 Å². The third-order valence-corrected chi connectivity index (χ3v) is 4.97. The first-order valence-electron chi connectivity index (χ1n) is 6.13. The van der Waals surface area contributed by atoms with Crippen molar-refractivity contribution in [2.24, 2.45) is 0 Å². The van der Waals surface area contributed by atoms with Crippen LogP contribution in [-0.2, 0) is 5.33 Å². The van der Waals surface area contributed by atoms with Crippen LogP contribution < -0.4 is 4.90 Å². The Balaban J connectivity index is 2.30. The second-order valence-electron chi connectivity index (χ2n) is 4.76. The highest BCUT2D eigenvalue weighted by Gasteiger charge is 2.23. The Morgan fingerprint density at radius 3 is 2.61 bits per heavy atom. The number of hydrogen-bond donors (Lipinski definition) is 0. The highest BCUT2D eigenvalue weighted by molar-refractivity contribution is 9.08. The van der Waals surface area contributed by atoms with Crippen molar-refractivity contribution in [1.29, 1.82) is 5.26 Å². The second-order valence-corrected chi connectivity index (χ2v) is 7.20. The quantitative estimate of drug-likeness (QED) is 0.774. The molecule has 96 valence electrons. The molecule has 0 bridgehead atoms. The molecule has 0 spiro atoms.